The molecule has 88 valence electrons. The minimum atomic E-state index is 0.853. The van der Waals surface area contributed by atoms with E-state index in [1.54, 1.807) is 0 Å². The van der Waals surface area contributed by atoms with Gasteiger partial charge in [0.1, 0.15) is 0 Å². The number of allylic oxidation sites excluding steroid dienone is 4. The Bertz CT molecular complexity index is 513. The van der Waals surface area contributed by atoms with Crippen molar-refractivity contribution in [2.75, 3.05) is 0 Å². The minimum absolute atomic E-state index is 0.853. The predicted octanol–water partition coefficient (Wildman–Crippen LogP) is 4.75. The van der Waals surface area contributed by atoms with Crippen molar-refractivity contribution >= 4 is 37.9 Å². The first-order valence-electron chi connectivity index (χ1n) is 5.46. The van der Waals surface area contributed by atoms with Gasteiger partial charge in [-0.2, -0.15) is 0 Å². The van der Waals surface area contributed by atoms with Crippen LogP contribution in [0.3, 0.4) is 0 Å². The van der Waals surface area contributed by atoms with E-state index in [0.29, 0.717) is 0 Å². The molecule has 0 fully saturated rings. The molecule has 0 unspecified atom stereocenters. The lowest BCUT2D eigenvalue weighted by atomic mass is 10.0. The first-order chi connectivity index (χ1) is 8.18. The first-order valence-corrected chi connectivity index (χ1v) is 7.04. The summed E-state index contributed by atoms with van der Waals surface area (Å²) in [4.78, 5) is 0. The zero-order chi connectivity index (χ0) is 12.3. The molecule has 3 heteroatoms. The number of rotatable bonds is 2. The molecule has 0 aromatic heterocycles. The van der Waals surface area contributed by atoms with Crippen molar-refractivity contribution in [1.82, 2.24) is 0 Å². The third kappa shape index (κ3) is 3.11. The Balaban J connectivity index is 2.35. The van der Waals surface area contributed by atoms with Crippen molar-refractivity contribution < 1.29 is 0 Å². The third-order valence-corrected chi connectivity index (χ3v) is 4.11. The maximum Gasteiger partial charge on any atom is 0.0354 e. The maximum absolute atomic E-state index is 5.98. The van der Waals surface area contributed by atoms with Crippen LogP contribution in [0, 0.1) is 0 Å². The van der Waals surface area contributed by atoms with Gasteiger partial charge in [-0.15, -0.1) is 0 Å². The summed E-state index contributed by atoms with van der Waals surface area (Å²) in [6.07, 6.45) is 8.23. The molecule has 0 saturated heterocycles. The van der Waals surface area contributed by atoms with Crippen LogP contribution in [0.5, 0.6) is 0 Å². The summed E-state index contributed by atoms with van der Waals surface area (Å²) in [5.41, 5.74) is 9.17. The molecule has 1 aromatic carbocycles. The van der Waals surface area contributed by atoms with Crippen molar-refractivity contribution in [3.05, 3.63) is 62.2 Å². The SMILES string of the molecule is NC1=C(/C(Br)=C\c2ccccc2Br)CCC=C1. The highest BCUT2D eigenvalue weighted by atomic mass is 79.9. The average molecular weight is 355 g/mol. The number of benzene rings is 1. The summed E-state index contributed by atoms with van der Waals surface area (Å²) in [6, 6.07) is 8.13. The summed E-state index contributed by atoms with van der Waals surface area (Å²) in [6.45, 7) is 0. The molecule has 0 aliphatic heterocycles. The molecular formula is C14H13Br2N. The fraction of sp³-hybridized carbons (Fsp3) is 0.143. The van der Waals surface area contributed by atoms with Crippen LogP contribution < -0.4 is 5.73 Å². The molecule has 0 bridgehead atoms. The molecule has 2 N–H and O–H groups in total. The van der Waals surface area contributed by atoms with Crippen LogP contribution in [-0.2, 0) is 0 Å². The van der Waals surface area contributed by atoms with Gasteiger partial charge in [-0.25, -0.2) is 0 Å². The van der Waals surface area contributed by atoms with E-state index in [4.69, 9.17) is 5.73 Å². The Hall–Kier alpha value is -0.800. The second-order valence-electron chi connectivity index (χ2n) is 3.89. The quantitative estimate of drug-likeness (QED) is 0.814. The van der Waals surface area contributed by atoms with Crippen LogP contribution in [-0.4, -0.2) is 0 Å². The Morgan fingerprint density at radius 3 is 2.76 bits per heavy atom. The lowest BCUT2D eigenvalue weighted by Crippen LogP contribution is -2.03. The molecule has 0 amide bonds. The van der Waals surface area contributed by atoms with Gasteiger partial charge in [-0.1, -0.05) is 56.1 Å². The Morgan fingerprint density at radius 2 is 2.06 bits per heavy atom. The minimum Gasteiger partial charge on any atom is -0.398 e. The smallest absolute Gasteiger partial charge is 0.0354 e. The van der Waals surface area contributed by atoms with E-state index in [0.717, 1.165) is 33.1 Å². The van der Waals surface area contributed by atoms with Crippen LogP contribution in [0.4, 0.5) is 0 Å². The summed E-state index contributed by atoms with van der Waals surface area (Å²) < 4.78 is 2.15. The normalized spacial score (nSPS) is 16.5. The predicted molar refractivity (Wildman–Crippen MR) is 80.6 cm³/mol. The lowest BCUT2D eigenvalue weighted by molar-refractivity contribution is 0.961. The van der Waals surface area contributed by atoms with Crippen molar-refractivity contribution in [2.24, 2.45) is 5.73 Å². The second-order valence-corrected chi connectivity index (χ2v) is 5.60. The van der Waals surface area contributed by atoms with Crippen molar-refractivity contribution in [1.29, 1.82) is 0 Å². The maximum atomic E-state index is 5.98. The van der Waals surface area contributed by atoms with Gasteiger partial charge in [0.15, 0.2) is 0 Å². The zero-order valence-electron chi connectivity index (χ0n) is 9.29. The van der Waals surface area contributed by atoms with E-state index in [-0.39, 0.29) is 0 Å². The first kappa shape index (κ1) is 12.7. The van der Waals surface area contributed by atoms with Gasteiger partial charge in [0.2, 0.25) is 0 Å². The van der Waals surface area contributed by atoms with E-state index in [1.165, 1.54) is 5.57 Å². The van der Waals surface area contributed by atoms with Crippen LogP contribution in [0.1, 0.15) is 18.4 Å². The molecule has 0 atom stereocenters. The van der Waals surface area contributed by atoms with Gasteiger partial charge in [0.05, 0.1) is 0 Å². The molecule has 1 aliphatic rings. The van der Waals surface area contributed by atoms with Crippen LogP contribution in [0.2, 0.25) is 0 Å². The summed E-state index contributed by atoms with van der Waals surface area (Å²) in [5, 5.41) is 0. The molecule has 17 heavy (non-hydrogen) atoms. The van der Waals surface area contributed by atoms with Gasteiger partial charge in [0.25, 0.3) is 0 Å². The average Bonchev–Trinajstić information content (AvgIpc) is 2.32. The topological polar surface area (TPSA) is 26.0 Å². The van der Waals surface area contributed by atoms with E-state index < -0.39 is 0 Å². The van der Waals surface area contributed by atoms with Gasteiger partial charge < -0.3 is 5.73 Å². The number of nitrogens with two attached hydrogens (primary N) is 1. The molecule has 1 aliphatic carbocycles. The standard InChI is InChI=1S/C14H13Br2N/c15-12-7-3-1-5-10(12)9-13(16)11-6-2-4-8-14(11)17/h1,3-5,7-9H,2,6,17H2/b13-9+. The third-order valence-electron chi connectivity index (χ3n) is 2.68. The molecular weight excluding hydrogens is 342 g/mol. The highest BCUT2D eigenvalue weighted by Gasteiger charge is 2.09. The largest absolute Gasteiger partial charge is 0.398 e. The summed E-state index contributed by atoms with van der Waals surface area (Å²) in [7, 11) is 0. The summed E-state index contributed by atoms with van der Waals surface area (Å²) >= 11 is 7.16. The fourth-order valence-electron chi connectivity index (χ4n) is 1.76. The molecule has 0 heterocycles. The van der Waals surface area contributed by atoms with E-state index in [2.05, 4.69) is 50.1 Å². The van der Waals surface area contributed by atoms with Gasteiger partial charge in [-0.05, 0) is 42.2 Å². The van der Waals surface area contributed by atoms with Crippen molar-refractivity contribution in [3.63, 3.8) is 0 Å². The van der Waals surface area contributed by atoms with E-state index >= 15 is 0 Å². The number of halogens is 2. The van der Waals surface area contributed by atoms with Gasteiger partial charge in [0, 0.05) is 14.7 Å². The Labute approximate surface area is 118 Å². The molecule has 0 radical (unpaired) electrons. The Kier molecular flexibility index (Phi) is 4.24. The number of hydrogen-bond acceptors (Lipinski definition) is 1. The highest BCUT2D eigenvalue weighted by molar-refractivity contribution is 9.12. The fourth-order valence-corrected chi connectivity index (χ4v) is 2.83. The van der Waals surface area contributed by atoms with Crippen molar-refractivity contribution in [2.45, 2.75) is 12.8 Å². The summed E-state index contributed by atoms with van der Waals surface area (Å²) in [5.74, 6) is 0. The van der Waals surface area contributed by atoms with E-state index in [9.17, 15) is 0 Å². The lowest BCUT2D eigenvalue weighted by Gasteiger charge is -2.12. The highest BCUT2D eigenvalue weighted by Crippen LogP contribution is 2.30. The monoisotopic (exact) mass is 353 g/mol. The molecule has 1 aromatic rings. The zero-order valence-corrected chi connectivity index (χ0v) is 12.5. The van der Waals surface area contributed by atoms with Gasteiger partial charge >= 0.3 is 0 Å². The molecule has 1 nitrogen and oxygen atoms in total. The van der Waals surface area contributed by atoms with Crippen LogP contribution >= 0.6 is 31.9 Å². The molecule has 2 rings (SSSR count). The number of hydrogen-bond donors (Lipinski definition) is 1. The van der Waals surface area contributed by atoms with Crippen LogP contribution in [0.15, 0.2) is 56.6 Å². The van der Waals surface area contributed by atoms with E-state index in [1.807, 2.05) is 24.3 Å². The van der Waals surface area contributed by atoms with Crippen LogP contribution in [0.25, 0.3) is 6.08 Å². The second kappa shape index (κ2) is 5.69. The van der Waals surface area contributed by atoms with Gasteiger partial charge in [-0.3, -0.25) is 0 Å². The van der Waals surface area contributed by atoms with Crippen molar-refractivity contribution in [3.8, 4) is 0 Å². The Morgan fingerprint density at radius 1 is 1.29 bits per heavy atom. The molecule has 0 saturated carbocycles. The molecule has 0 spiro atoms.